The molecule has 2 saturated heterocycles. The molecule has 5 heteroatoms. The molecule has 2 aliphatic rings. The average molecular weight is 331 g/mol. The number of aliphatic hydroxyl groups is 1. The number of β-amino-alcohol motifs (C(OH)–C–C–N with tert-alkyl or cyclic N) is 1. The molecular formula is C19H29N3O2. The van der Waals surface area contributed by atoms with Gasteiger partial charge in [0.2, 0.25) is 5.91 Å². The van der Waals surface area contributed by atoms with Gasteiger partial charge in [-0.2, -0.15) is 0 Å². The lowest BCUT2D eigenvalue weighted by Gasteiger charge is -2.42. The first-order chi connectivity index (χ1) is 11.5. The van der Waals surface area contributed by atoms with Gasteiger partial charge in [0.15, 0.2) is 0 Å². The first kappa shape index (κ1) is 17.4. The Morgan fingerprint density at radius 3 is 2.46 bits per heavy atom. The monoisotopic (exact) mass is 331 g/mol. The second-order valence-electron chi connectivity index (χ2n) is 7.54. The molecule has 24 heavy (non-hydrogen) atoms. The topological polar surface area (TPSA) is 56.7 Å². The van der Waals surface area contributed by atoms with E-state index >= 15 is 0 Å². The Labute approximate surface area is 144 Å². The summed E-state index contributed by atoms with van der Waals surface area (Å²) in [7, 11) is 0. The van der Waals surface area contributed by atoms with E-state index in [1.54, 1.807) is 6.92 Å². The third-order valence-electron chi connectivity index (χ3n) is 5.60. The number of likely N-dealkylation sites (tertiary alicyclic amines) is 2. The molecular weight excluding hydrogens is 302 g/mol. The number of rotatable bonds is 3. The highest BCUT2D eigenvalue weighted by molar-refractivity contribution is 5.73. The van der Waals surface area contributed by atoms with Crippen molar-refractivity contribution in [3.8, 4) is 0 Å². The minimum Gasteiger partial charge on any atom is -0.388 e. The molecule has 3 heterocycles. The molecule has 3 rings (SSSR count). The summed E-state index contributed by atoms with van der Waals surface area (Å²) in [6, 6.07) is 4.29. The maximum Gasteiger partial charge on any atom is 0.219 e. The first-order valence-corrected chi connectivity index (χ1v) is 9.08. The van der Waals surface area contributed by atoms with Gasteiger partial charge >= 0.3 is 0 Å². The van der Waals surface area contributed by atoms with Crippen LogP contribution in [0.3, 0.4) is 0 Å². The fourth-order valence-corrected chi connectivity index (χ4v) is 3.92. The average Bonchev–Trinajstić information content (AvgIpc) is 2.56. The fourth-order valence-electron chi connectivity index (χ4n) is 3.92. The van der Waals surface area contributed by atoms with E-state index in [0.717, 1.165) is 32.5 Å². The normalized spacial score (nSPS) is 22.5. The van der Waals surface area contributed by atoms with Crippen LogP contribution in [0.4, 0.5) is 0 Å². The summed E-state index contributed by atoms with van der Waals surface area (Å²) >= 11 is 0. The molecule has 1 aromatic heterocycles. The fraction of sp³-hybridized carbons (Fsp3) is 0.684. The summed E-state index contributed by atoms with van der Waals surface area (Å²) in [5.74, 6) is 0.652. The number of aryl methyl sites for hydroxylation is 1. The number of hydrogen-bond donors (Lipinski definition) is 1. The molecule has 2 aliphatic heterocycles. The number of aromatic nitrogens is 1. The van der Waals surface area contributed by atoms with Crippen LogP contribution in [0.25, 0.3) is 0 Å². The molecule has 0 aromatic carbocycles. The van der Waals surface area contributed by atoms with Crippen LogP contribution in [0.1, 0.15) is 49.8 Å². The van der Waals surface area contributed by atoms with Gasteiger partial charge in [-0.3, -0.25) is 9.78 Å². The van der Waals surface area contributed by atoms with Crippen LogP contribution < -0.4 is 0 Å². The van der Waals surface area contributed by atoms with Gasteiger partial charge in [-0.1, -0.05) is 6.07 Å². The Bertz CT molecular complexity index is 556. The van der Waals surface area contributed by atoms with E-state index in [2.05, 4.69) is 28.9 Å². The Hall–Kier alpha value is -1.46. The van der Waals surface area contributed by atoms with Crippen LogP contribution in [-0.2, 0) is 4.79 Å². The number of hydrogen-bond acceptors (Lipinski definition) is 4. The molecule has 132 valence electrons. The van der Waals surface area contributed by atoms with Gasteiger partial charge in [-0.15, -0.1) is 0 Å². The Morgan fingerprint density at radius 1 is 1.25 bits per heavy atom. The van der Waals surface area contributed by atoms with Gasteiger partial charge in [-0.25, -0.2) is 0 Å². The Kier molecular flexibility index (Phi) is 5.21. The SMILES string of the molecule is CC(=O)N1CCC(O)(CN2CCC(c3ccc(C)cn3)CC2)CC1. The molecule has 0 spiro atoms. The van der Waals surface area contributed by atoms with Gasteiger partial charge in [0.25, 0.3) is 0 Å². The predicted octanol–water partition coefficient (Wildman–Crippen LogP) is 1.94. The molecule has 1 amide bonds. The van der Waals surface area contributed by atoms with Crippen molar-refractivity contribution in [2.24, 2.45) is 0 Å². The van der Waals surface area contributed by atoms with Crippen LogP contribution in [0.2, 0.25) is 0 Å². The number of amides is 1. The molecule has 0 aliphatic carbocycles. The van der Waals surface area contributed by atoms with Gasteiger partial charge < -0.3 is 14.9 Å². The summed E-state index contributed by atoms with van der Waals surface area (Å²) in [6.07, 6.45) is 5.53. The number of nitrogens with zero attached hydrogens (tertiary/aromatic N) is 3. The van der Waals surface area contributed by atoms with Crippen LogP contribution in [-0.4, -0.2) is 64.1 Å². The van der Waals surface area contributed by atoms with Crippen LogP contribution in [0.15, 0.2) is 18.3 Å². The zero-order valence-electron chi connectivity index (χ0n) is 14.9. The van der Waals surface area contributed by atoms with E-state index in [4.69, 9.17) is 0 Å². The lowest BCUT2D eigenvalue weighted by atomic mass is 9.88. The second kappa shape index (κ2) is 7.19. The molecule has 1 N–H and O–H groups in total. The standard InChI is InChI=1S/C19H29N3O2/c1-15-3-4-18(20-13-15)17-5-9-21(10-6-17)14-19(24)7-11-22(12-8-19)16(2)23/h3-4,13,17,24H,5-12,14H2,1-2H3. The third kappa shape index (κ3) is 4.14. The van der Waals surface area contributed by atoms with E-state index in [0.29, 0.717) is 31.8 Å². The van der Waals surface area contributed by atoms with E-state index in [9.17, 15) is 9.90 Å². The Morgan fingerprint density at radius 2 is 1.92 bits per heavy atom. The van der Waals surface area contributed by atoms with Gasteiger partial charge in [0, 0.05) is 44.4 Å². The summed E-state index contributed by atoms with van der Waals surface area (Å²) in [4.78, 5) is 20.2. The van der Waals surface area contributed by atoms with Crippen LogP contribution >= 0.6 is 0 Å². The summed E-state index contributed by atoms with van der Waals surface area (Å²) < 4.78 is 0. The van der Waals surface area contributed by atoms with Crippen molar-refractivity contribution in [1.82, 2.24) is 14.8 Å². The number of piperidine rings is 2. The first-order valence-electron chi connectivity index (χ1n) is 9.08. The van der Waals surface area contributed by atoms with Crippen molar-refractivity contribution in [2.45, 2.75) is 51.0 Å². The van der Waals surface area contributed by atoms with Crippen molar-refractivity contribution in [3.63, 3.8) is 0 Å². The molecule has 1 aromatic rings. The molecule has 2 fully saturated rings. The molecule has 5 nitrogen and oxygen atoms in total. The Balaban J connectivity index is 1.48. The van der Waals surface area contributed by atoms with Crippen LogP contribution in [0, 0.1) is 6.92 Å². The number of pyridine rings is 1. The maximum absolute atomic E-state index is 11.4. The molecule has 0 radical (unpaired) electrons. The highest BCUT2D eigenvalue weighted by Crippen LogP contribution is 2.29. The lowest BCUT2D eigenvalue weighted by Crippen LogP contribution is -2.52. The predicted molar refractivity (Wildman–Crippen MR) is 93.8 cm³/mol. The molecule has 0 unspecified atom stereocenters. The molecule has 0 saturated carbocycles. The zero-order chi connectivity index (χ0) is 17.2. The highest BCUT2D eigenvalue weighted by atomic mass is 16.3. The van der Waals surface area contributed by atoms with Crippen molar-refractivity contribution >= 4 is 5.91 Å². The van der Waals surface area contributed by atoms with Crippen LogP contribution in [0.5, 0.6) is 0 Å². The highest BCUT2D eigenvalue weighted by Gasteiger charge is 2.35. The van der Waals surface area contributed by atoms with Crippen molar-refractivity contribution in [1.29, 1.82) is 0 Å². The zero-order valence-corrected chi connectivity index (χ0v) is 14.9. The lowest BCUT2D eigenvalue weighted by molar-refractivity contribution is -0.133. The summed E-state index contributed by atoms with van der Waals surface area (Å²) in [6.45, 7) is 7.78. The molecule has 0 atom stereocenters. The smallest absolute Gasteiger partial charge is 0.219 e. The number of carbonyl (C=O) groups is 1. The maximum atomic E-state index is 11.4. The minimum atomic E-state index is -0.638. The van der Waals surface area contributed by atoms with Gasteiger partial charge in [0.05, 0.1) is 5.60 Å². The van der Waals surface area contributed by atoms with Gasteiger partial charge in [0.1, 0.15) is 0 Å². The van der Waals surface area contributed by atoms with E-state index < -0.39 is 5.60 Å². The van der Waals surface area contributed by atoms with E-state index in [1.165, 1.54) is 11.3 Å². The molecule has 0 bridgehead atoms. The number of carbonyl (C=O) groups excluding carboxylic acids is 1. The van der Waals surface area contributed by atoms with Crippen molar-refractivity contribution in [2.75, 3.05) is 32.7 Å². The largest absolute Gasteiger partial charge is 0.388 e. The van der Waals surface area contributed by atoms with Crippen molar-refractivity contribution in [3.05, 3.63) is 29.6 Å². The van der Waals surface area contributed by atoms with Crippen molar-refractivity contribution < 1.29 is 9.90 Å². The summed E-state index contributed by atoms with van der Waals surface area (Å²) in [5.41, 5.74) is 1.77. The quantitative estimate of drug-likeness (QED) is 0.920. The third-order valence-corrected chi connectivity index (χ3v) is 5.60. The minimum absolute atomic E-state index is 0.114. The van der Waals surface area contributed by atoms with E-state index in [1.807, 2.05) is 11.1 Å². The van der Waals surface area contributed by atoms with E-state index in [-0.39, 0.29) is 5.91 Å². The summed E-state index contributed by atoms with van der Waals surface area (Å²) in [5, 5.41) is 10.8. The van der Waals surface area contributed by atoms with Gasteiger partial charge in [-0.05, 0) is 57.3 Å². The second-order valence-corrected chi connectivity index (χ2v) is 7.54.